The molecule has 2 unspecified atom stereocenters. The minimum atomic E-state index is -0.175. The van der Waals surface area contributed by atoms with E-state index < -0.39 is 0 Å². The Kier molecular flexibility index (Phi) is 4.27. The fourth-order valence-electron chi connectivity index (χ4n) is 2.53. The summed E-state index contributed by atoms with van der Waals surface area (Å²) < 4.78 is 0. The zero-order chi connectivity index (χ0) is 13.8. The van der Waals surface area contributed by atoms with Crippen molar-refractivity contribution >= 4 is 17.3 Å². The summed E-state index contributed by atoms with van der Waals surface area (Å²) in [7, 11) is 1.61. The van der Waals surface area contributed by atoms with Crippen molar-refractivity contribution in [1.29, 1.82) is 0 Å². The molecule has 1 amide bonds. The third-order valence-corrected chi connectivity index (χ3v) is 3.61. The van der Waals surface area contributed by atoms with E-state index in [1.54, 1.807) is 25.2 Å². The number of rotatable bonds is 4. The van der Waals surface area contributed by atoms with Gasteiger partial charge in [-0.05, 0) is 43.4 Å². The fourth-order valence-corrected chi connectivity index (χ4v) is 2.53. The van der Waals surface area contributed by atoms with E-state index in [1.165, 1.54) is 0 Å². The number of hydrogen-bond donors (Lipinski definition) is 4. The highest BCUT2D eigenvalue weighted by atomic mass is 16.3. The van der Waals surface area contributed by atoms with E-state index in [9.17, 15) is 9.90 Å². The molecule has 0 bridgehead atoms. The lowest BCUT2D eigenvalue weighted by molar-refractivity contribution is 0.0964. The highest BCUT2D eigenvalue weighted by molar-refractivity contribution is 6.00. The maximum atomic E-state index is 11.8. The molecule has 5 nitrogen and oxygen atoms in total. The van der Waals surface area contributed by atoms with Crippen LogP contribution in [0.4, 0.5) is 11.4 Å². The summed E-state index contributed by atoms with van der Waals surface area (Å²) >= 11 is 0. The van der Waals surface area contributed by atoms with Crippen molar-refractivity contribution in [3.63, 3.8) is 0 Å². The number of nitrogen functional groups attached to an aromatic ring is 1. The van der Waals surface area contributed by atoms with Crippen LogP contribution < -0.4 is 16.4 Å². The minimum Gasteiger partial charge on any atom is -0.399 e. The third-order valence-electron chi connectivity index (χ3n) is 3.61. The van der Waals surface area contributed by atoms with Crippen molar-refractivity contribution in [2.75, 3.05) is 24.6 Å². The lowest BCUT2D eigenvalue weighted by atomic mass is 10.1. The number of amides is 1. The van der Waals surface area contributed by atoms with Gasteiger partial charge in [0.05, 0.1) is 11.7 Å². The molecule has 0 aliphatic heterocycles. The van der Waals surface area contributed by atoms with Crippen molar-refractivity contribution < 1.29 is 9.90 Å². The van der Waals surface area contributed by atoms with Gasteiger partial charge in [0.25, 0.3) is 5.91 Å². The predicted octanol–water partition coefficient (Wildman–Crippen LogP) is 1.20. The van der Waals surface area contributed by atoms with Crippen LogP contribution in [-0.4, -0.2) is 30.7 Å². The first-order valence-electron chi connectivity index (χ1n) is 6.63. The van der Waals surface area contributed by atoms with Crippen LogP contribution >= 0.6 is 0 Å². The van der Waals surface area contributed by atoms with Gasteiger partial charge in [0.2, 0.25) is 0 Å². The minimum absolute atomic E-state index is 0.131. The maximum absolute atomic E-state index is 11.8. The average Bonchev–Trinajstić information content (AvgIpc) is 2.81. The van der Waals surface area contributed by atoms with Gasteiger partial charge in [-0.2, -0.15) is 0 Å². The second-order valence-electron chi connectivity index (χ2n) is 5.10. The molecule has 1 aromatic rings. The maximum Gasteiger partial charge on any atom is 0.253 e. The van der Waals surface area contributed by atoms with E-state index >= 15 is 0 Å². The molecule has 0 heterocycles. The smallest absolute Gasteiger partial charge is 0.253 e. The Morgan fingerprint density at radius 3 is 2.89 bits per heavy atom. The Hall–Kier alpha value is -1.75. The molecule has 1 aliphatic carbocycles. The number of nitrogens with one attached hydrogen (secondary N) is 2. The molecule has 2 rings (SSSR count). The Bertz CT molecular complexity index is 462. The first-order chi connectivity index (χ1) is 9.10. The number of benzene rings is 1. The molecule has 2 atom stereocenters. The van der Waals surface area contributed by atoms with Gasteiger partial charge in [0.15, 0.2) is 0 Å². The summed E-state index contributed by atoms with van der Waals surface area (Å²) in [6.45, 7) is 0.754. The monoisotopic (exact) mass is 263 g/mol. The normalized spacial score (nSPS) is 22.2. The van der Waals surface area contributed by atoms with E-state index in [-0.39, 0.29) is 12.0 Å². The number of carbonyl (C=O) groups is 1. The summed E-state index contributed by atoms with van der Waals surface area (Å²) in [4.78, 5) is 11.8. The van der Waals surface area contributed by atoms with Gasteiger partial charge < -0.3 is 21.5 Å². The Labute approximate surface area is 113 Å². The van der Waals surface area contributed by atoms with E-state index in [1.807, 2.05) is 0 Å². The molecule has 0 aromatic heterocycles. The van der Waals surface area contributed by atoms with Gasteiger partial charge in [0.1, 0.15) is 0 Å². The molecule has 0 saturated heterocycles. The van der Waals surface area contributed by atoms with Crippen LogP contribution in [-0.2, 0) is 0 Å². The molecule has 1 fully saturated rings. The van der Waals surface area contributed by atoms with Gasteiger partial charge in [-0.3, -0.25) is 4.79 Å². The Balaban J connectivity index is 2.05. The molecular weight excluding hydrogens is 242 g/mol. The van der Waals surface area contributed by atoms with Gasteiger partial charge in [0, 0.05) is 25.0 Å². The fraction of sp³-hybridized carbons (Fsp3) is 0.500. The second-order valence-corrected chi connectivity index (χ2v) is 5.10. The molecule has 104 valence electrons. The molecule has 1 aliphatic rings. The van der Waals surface area contributed by atoms with E-state index in [0.717, 1.165) is 31.5 Å². The van der Waals surface area contributed by atoms with Gasteiger partial charge in [-0.25, -0.2) is 0 Å². The van der Waals surface area contributed by atoms with Crippen molar-refractivity contribution in [3.8, 4) is 0 Å². The topological polar surface area (TPSA) is 87.4 Å². The van der Waals surface area contributed by atoms with Crippen LogP contribution in [0.15, 0.2) is 18.2 Å². The molecular formula is C14H21N3O2. The highest BCUT2D eigenvalue weighted by Gasteiger charge is 2.22. The van der Waals surface area contributed by atoms with E-state index in [4.69, 9.17) is 5.73 Å². The largest absolute Gasteiger partial charge is 0.399 e. The molecule has 5 heteroatoms. The predicted molar refractivity (Wildman–Crippen MR) is 76.1 cm³/mol. The summed E-state index contributed by atoms with van der Waals surface area (Å²) in [6.07, 6.45) is 2.54. The van der Waals surface area contributed by atoms with Crippen LogP contribution in [0, 0.1) is 5.92 Å². The lowest BCUT2D eigenvalue weighted by Gasteiger charge is -2.15. The zero-order valence-electron chi connectivity index (χ0n) is 11.1. The van der Waals surface area contributed by atoms with E-state index in [2.05, 4.69) is 10.6 Å². The Morgan fingerprint density at radius 2 is 2.26 bits per heavy atom. The lowest BCUT2D eigenvalue weighted by Crippen LogP contribution is -2.21. The number of aliphatic hydroxyl groups excluding tert-OH is 1. The van der Waals surface area contributed by atoms with Crippen LogP contribution in [0.2, 0.25) is 0 Å². The summed E-state index contributed by atoms with van der Waals surface area (Å²) in [5.74, 6) is 0.322. The van der Waals surface area contributed by atoms with Crippen LogP contribution in [0.1, 0.15) is 29.6 Å². The second kappa shape index (κ2) is 5.93. The van der Waals surface area contributed by atoms with Gasteiger partial charge in [-0.1, -0.05) is 0 Å². The van der Waals surface area contributed by atoms with Crippen molar-refractivity contribution in [3.05, 3.63) is 23.8 Å². The molecule has 1 aromatic carbocycles. The van der Waals surface area contributed by atoms with Crippen LogP contribution in [0.25, 0.3) is 0 Å². The molecule has 5 N–H and O–H groups in total. The van der Waals surface area contributed by atoms with Crippen LogP contribution in [0.3, 0.4) is 0 Å². The van der Waals surface area contributed by atoms with Gasteiger partial charge in [-0.15, -0.1) is 0 Å². The summed E-state index contributed by atoms with van der Waals surface area (Å²) in [6, 6.07) is 5.21. The molecule has 19 heavy (non-hydrogen) atoms. The quantitative estimate of drug-likeness (QED) is 0.615. The molecule has 0 radical (unpaired) electrons. The number of nitrogens with two attached hydrogens (primary N) is 1. The summed E-state index contributed by atoms with van der Waals surface area (Å²) in [5.41, 5.74) is 7.73. The van der Waals surface area contributed by atoms with E-state index in [0.29, 0.717) is 17.2 Å². The molecule has 1 saturated carbocycles. The van der Waals surface area contributed by atoms with Gasteiger partial charge >= 0.3 is 0 Å². The number of aliphatic hydroxyl groups is 1. The third kappa shape index (κ3) is 3.38. The first kappa shape index (κ1) is 13.7. The SMILES string of the molecule is CNC(=O)c1ccc(N)cc1NCC1CCC(O)C1. The highest BCUT2D eigenvalue weighted by Crippen LogP contribution is 2.27. The first-order valence-corrected chi connectivity index (χ1v) is 6.63. The number of anilines is 2. The zero-order valence-corrected chi connectivity index (χ0v) is 11.1. The summed E-state index contributed by atoms with van der Waals surface area (Å²) in [5, 5.41) is 15.4. The standard InChI is InChI=1S/C14H21N3O2/c1-16-14(19)12-5-3-10(15)7-13(12)17-8-9-2-4-11(18)6-9/h3,5,7,9,11,17-18H,2,4,6,8,15H2,1H3,(H,16,19). The van der Waals surface area contributed by atoms with Crippen molar-refractivity contribution in [2.24, 2.45) is 5.92 Å². The van der Waals surface area contributed by atoms with Crippen molar-refractivity contribution in [1.82, 2.24) is 5.32 Å². The average molecular weight is 263 g/mol. The number of carbonyl (C=O) groups excluding carboxylic acids is 1. The number of hydrogen-bond acceptors (Lipinski definition) is 4. The Morgan fingerprint density at radius 1 is 1.47 bits per heavy atom. The molecule has 0 spiro atoms. The van der Waals surface area contributed by atoms with Crippen molar-refractivity contribution in [2.45, 2.75) is 25.4 Å². The van der Waals surface area contributed by atoms with Crippen LogP contribution in [0.5, 0.6) is 0 Å².